The first-order valence-electron chi connectivity index (χ1n) is 9.08. The van der Waals surface area contributed by atoms with Crippen molar-refractivity contribution in [2.75, 3.05) is 0 Å². The zero-order valence-corrected chi connectivity index (χ0v) is 15.4. The van der Waals surface area contributed by atoms with Gasteiger partial charge in [-0.25, -0.2) is 9.59 Å². The lowest BCUT2D eigenvalue weighted by Gasteiger charge is -2.08. The highest BCUT2D eigenvalue weighted by atomic mass is 16.6. The van der Waals surface area contributed by atoms with Crippen LogP contribution in [0.15, 0.2) is 24.3 Å². The van der Waals surface area contributed by atoms with Gasteiger partial charge < -0.3 is 9.47 Å². The number of esters is 4. The maximum atomic E-state index is 12.2. The van der Waals surface area contributed by atoms with Crippen LogP contribution in [-0.2, 0) is 19.1 Å². The zero-order valence-electron chi connectivity index (χ0n) is 15.4. The summed E-state index contributed by atoms with van der Waals surface area (Å²) in [4.78, 5) is 47.7. The van der Waals surface area contributed by atoms with Gasteiger partial charge in [-0.15, -0.1) is 0 Å². The number of carbonyl (C=O) groups is 4. The van der Waals surface area contributed by atoms with Crippen LogP contribution in [0.1, 0.15) is 85.9 Å². The summed E-state index contributed by atoms with van der Waals surface area (Å²) in [6, 6.07) is 5.80. The zero-order chi connectivity index (χ0) is 19.4. The predicted octanol–water partition coefficient (Wildman–Crippen LogP) is 4.21. The molecule has 6 nitrogen and oxygen atoms in total. The van der Waals surface area contributed by atoms with Gasteiger partial charge in [-0.1, -0.05) is 51.7 Å². The first-order valence-corrected chi connectivity index (χ1v) is 9.08. The van der Waals surface area contributed by atoms with Crippen molar-refractivity contribution in [3.8, 4) is 0 Å². The average Bonchev–Trinajstić information content (AvgIpc) is 2.62. The van der Waals surface area contributed by atoms with Crippen molar-refractivity contribution in [3.63, 3.8) is 0 Å². The van der Waals surface area contributed by atoms with Crippen LogP contribution in [0.2, 0.25) is 0 Å². The third-order valence-corrected chi connectivity index (χ3v) is 3.75. The Morgan fingerprint density at radius 3 is 1.42 bits per heavy atom. The molecule has 0 fully saturated rings. The molecule has 0 aliphatic carbocycles. The van der Waals surface area contributed by atoms with Gasteiger partial charge in [-0.3, -0.25) is 9.59 Å². The van der Waals surface area contributed by atoms with Crippen LogP contribution in [0, 0.1) is 0 Å². The van der Waals surface area contributed by atoms with E-state index in [9.17, 15) is 19.2 Å². The molecule has 0 bridgehead atoms. The first kappa shape index (κ1) is 21.5. The van der Waals surface area contributed by atoms with E-state index in [1.807, 2.05) is 13.8 Å². The molecule has 0 aliphatic rings. The smallest absolute Gasteiger partial charge is 0.346 e. The fourth-order valence-corrected chi connectivity index (χ4v) is 2.30. The minimum absolute atomic E-state index is 0.0947. The number of hydrogen-bond donors (Lipinski definition) is 0. The number of rotatable bonds is 10. The maximum absolute atomic E-state index is 12.2. The van der Waals surface area contributed by atoms with Crippen LogP contribution in [0.5, 0.6) is 0 Å². The molecule has 142 valence electrons. The molecule has 26 heavy (non-hydrogen) atoms. The fourth-order valence-electron chi connectivity index (χ4n) is 2.30. The van der Waals surface area contributed by atoms with Gasteiger partial charge in [0.2, 0.25) is 0 Å². The normalized spacial score (nSPS) is 10.2. The minimum Gasteiger partial charge on any atom is -0.389 e. The largest absolute Gasteiger partial charge is 0.389 e. The average molecular weight is 362 g/mol. The molecule has 1 aromatic carbocycles. The molecular weight excluding hydrogens is 336 g/mol. The quantitative estimate of drug-likeness (QED) is 0.352. The van der Waals surface area contributed by atoms with E-state index < -0.39 is 23.9 Å². The molecular formula is C20H26O6. The van der Waals surface area contributed by atoms with E-state index in [2.05, 4.69) is 0 Å². The lowest BCUT2D eigenvalue weighted by Crippen LogP contribution is -2.19. The standard InChI is InChI=1S/C20H26O6/c1-3-5-7-13-17(21)25-19(23)15-11-9-10-12-16(15)20(24)26-18(22)14-8-6-4-2/h9-12H,3-8,13-14H2,1-2H3. The van der Waals surface area contributed by atoms with E-state index in [1.54, 1.807) is 0 Å². The highest BCUT2D eigenvalue weighted by Crippen LogP contribution is 2.14. The number of ether oxygens (including phenoxy) is 2. The molecule has 1 rings (SSSR count). The second-order valence-electron chi connectivity index (χ2n) is 5.98. The molecule has 0 saturated heterocycles. The summed E-state index contributed by atoms with van der Waals surface area (Å²) >= 11 is 0. The summed E-state index contributed by atoms with van der Waals surface area (Å²) in [5.74, 6) is -3.11. The molecule has 0 heterocycles. The summed E-state index contributed by atoms with van der Waals surface area (Å²) < 4.78 is 9.58. The molecule has 0 spiro atoms. The van der Waals surface area contributed by atoms with E-state index in [0.717, 1.165) is 25.7 Å². The van der Waals surface area contributed by atoms with Gasteiger partial charge in [0, 0.05) is 12.8 Å². The van der Waals surface area contributed by atoms with Gasteiger partial charge in [0.1, 0.15) is 0 Å². The molecule has 1 aromatic rings. The molecule has 6 heteroatoms. The summed E-state index contributed by atoms with van der Waals surface area (Å²) in [5.41, 5.74) is -0.189. The van der Waals surface area contributed by atoms with Gasteiger partial charge in [-0.05, 0) is 25.0 Å². The second kappa shape index (κ2) is 12.0. The first-order chi connectivity index (χ1) is 12.5. The fraction of sp³-hybridized carbons (Fsp3) is 0.500. The Kier molecular flexibility index (Phi) is 9.90. The van der Waals surface area contributed by atoms with Crippen molar-refractivity contribution in [2.45, 2.75) is 65.2 Å². The third kappa shape index (κ3) is 7.59. The van der Waals surface area contributed by atoms with Crippen molar-refractivity contribution in [1.82, 2.24) is 0 Å². The Morgan fingerprint density at radius 2 is 1.08 bits per heavy atom. The van der Waals surface area contributed by atoms with Gasteiger partial charge in [0.05, 0.1) is 11.1 Å². The Bertz CT molecular complexity index is 580. The predicted molar refractivity (Wildman–Crippen MR) is 95.6 cm³/mol. The van der Waals surface area contributed by atoms with Crippen molar-refractivity contribution in [2.24, 2.45) is 0 Å². The Hall–Kier alpha value is -2.50. The molecule has 0 unspecified atom stereocenters. The van der Waals surface area contributed by atoms with Gasteiger partial charge >= 0.3 is 23.9 Å². The SMILES string of the molecule is CCCCCC(=O)OC(=O)c1ccccc1C(=O)OC(=O)CCCCC. The Balaban J connectivity index is 2.71. The molecule has 0 amide bonds. The van der Waals surface area contributed by atoms with Crippen molar-refractivity contribution >= 4 is 23.9 Å². The number of carbonyl (C=O) groups excluding carboxylic acids is 4. The molecule has 0 radical (unpaired) electrons. The topological polar surface area (TPSA) is 86.7 Å². The van der Waals surface area contributed by atoms with E-state index in [0.29, 0.717) is 12.8 Å². The van der Waals surface area contributed by atoms with Crippen LogP contribution in [0.4, 0.5) is 0 Å². The second-order valence-corrected chi connectivity index (χ2v) is 5.98. The molecule has 0 saturated carbocycles. The highest BCUT2D eigenvalue weighted by Gasteiger charge is 2.22. The van der Waals surface area contributed by atoms with E-state index in [1.165, 1.54) is 24.3 Å². The highest BCUT2D eigenvalue weighted by molar-refractivity contribution is 6.07. The van der Waals surface area contributed by atoms with Crippen LogP contribution in [-0.4, -0.2) is 23.9 Å². The lowest BCUT2D eigenvalue weighted by atomic mass is 10.1. The summed E-state index contributed by atoms with van der Waals surface area (Å²) in [7, 11) is 0. The summed E-state index contributed by atoms with van der Waals surface area (Å²) in [5, 5.41) is 0. The van der Waals surface area contributed by atoms with Gasteiger partial charge in [0.25, 0.3) is 0 Å². The van der Waals surface area contributed by atoms with Gasteiger partial charge in [-0.2, -0.15) is 0 Å². The summed E-state index contributed by atoms with van der Waals surface area (Å²) in [6.45, 7) is 4.00. The lowest BCUT2D eigenvalue weighted by molar-refractivity contribution is -0.139. The molecule has 0 aromatic heterocycles. The van der Waals surface area contributed by atoms with E-state index in [-0.39, 0.29) is 24.0 Å². The van der Waals surface area contributed by atoms with Crippen LogP contribution in [0.3, 0.4) is 0 Å². The van der Waals surface area contributed by atoms with Crippen molar-refractivity contribution < 1.29 is 28.7 Å². The molecule has 0 N–H and O–H groups in total. The monoisotopic (exact) mass is 362 g/mol. The van der Waals surface area contributed by atoms with E-state index in [4.69, 9.17) is 9.47 Å². The number of hydrogen-bond acceptors (Lipinski definition) is 6. The number of benzene rings is 1. The van der Waals surface area contributed by atoms with Crippen LogP contribution >= 0.6 is 0 Å². The van der Waals surface area contributed by atoms with Gasteiger partial charge in [0.15, 0.2) is 0 Å². The van der Waals surface area contributed by atoms with E-state index >= 15 is 0 Å². The maximum Gasteiger partial charge on any atom is 0.346 e. The Morgan fingerprint density at radius 1 is 0.692 bits per heavy atom. The minimum atomic E-state index is -0.919. The van der Waals surface area contributed by atoms with Crippen LogP contribution in [0.25, 0.3) is 0 Å². The van der Waals surface area contributed by atoms with Crippen LogP contribution < -0.4 is 0 Å². The Labute approximate surface area is 153 Å². The van der Waals surface area contributed by atoms with Crippen molar-refractivity contribution in [3.05, 3.63) is 35.4 Å². The number of unbranched alkanes of at least 4 members (excludes halogenated alkanes) is 4. The van der Waals surface area contributed by atoms with Crippen molar-refractivity contribution in [1.29, 1.82) is 0 Å². The molecule has 0 atom stereocenters. The third-order valence-electron chi connectivity index (χ3n) is 3.75. The molecule has 0 aliphatic heterocycles. The summed E-state index contributed by atoms with van der Waals surface area (Å²) in [6.07, 6.45) is 5.18.